The first kappa shape index (κ1) is 15.6. The topological polar surface area (TPSA) is 44.1 Å². The molecule has 0 heterocycles. The van der Waals surface area contributed by atoms with E-state index in [9.17, 15) is 10.1 Å². The van der Waals surface area contributed by atoms with Crippen molar-refractivity contribution >= 4 is 5.91 Å². The van der Waals surface area contributed by atoms with Gasteiger partial charge in [-0.1, -0.05) is 56.0 Å². The summed E-state index contributed by atoms with van der Waals surface area (Å²) in [5.41, 5.74) is 1.05. The zero-order chi connectivity index (χ0) is 15.1. The van der Waals surface area contributed by atoms with Crippen LogP contribution in [-0.4, -0.2) is 23.9 Å². The second-order valence-corrected chi connectivity index (χ2v) is 5.97. The van der Waals surface area contributed by atoms with E-state index in [4.69, 9.17) is 0 Å². The molecule has 1 amide bonds. The Kier molecular flexibility index (Phi) is 5.80. The fourth-order valence-corrected chi connectivity index (χ4v) is 3.11. The van der Waals surface area contributed by atoms with Gasteiger partial charge >= 0.3 is 0 Å². The van der Waals surface area contributed by atoms with Crippen molar-refractivity contribution in [3.8, 4) is 6.07 Å². The average Bonchev–Trinajstić information content (AvgIpc) is 2.81. The third-order valence-corrected chi connectivity index (χ3v) is 4.46. The van der Waals surface area contributed by atoms with Gasteiger partial charge in [-0.2, -0.15) is 5.26 Å². The van der Waals surface area contributed by atoms with Gasteiger partial charge < -0.3 is 4.90 Å². The highest BCUT2D eigenvalue weighted by atomic mass is 16.2. The quantitative estimate of drug-likeness (QED) is 0.794. The van der Waals surface area contributed by atoms with Crippen LogP contribution < -0.4 is 0 Å². The highest BCUT2D eigenvalue weighted by Gasteiger charge is 2.27. The van der Waals surface area contributed by atoms with Gasteiger partial charge in [0.05, 0.1) is 6.07 Å². The van der Waals surface area contributed by atoms with Crippen LogP contribution in [0.1, 0.15) is 44.1 Å². The molecule has 0 spiro atoms. The van der Waals surface area contributed by atoms with Crippen molar-refractivity contribution in [3.63, 3.8) is 0 Å². The van der Waals surface area contributed by atoms with Gasteiger partial charge in [-0.05, 0) is 24.8 Å². The van der Waals surface area contributed by atoms with Gasteiger partial charge in [0.1, 0.15) is 5.92 Å². The minimum atomic E-state index is -0.569. The second kappa shape index (κ2) is 7.83. The van der Waals surface area contributed by atoms with Crippen LogP contribution in [0.3, 0.4) is 0 Å². The fourth-order valence-electron chi connectivity index (χ4n) is 3.11. The Hall–Kier alpha value is -1.82. The molecule has 21 heavy (non-hydrogen) atoms. The third kappa shape index (κ3) is 4.32. The number of amides is 1. The van der Waals surface area contributed by atoms with Gasteiger partial charge in [-0.3, -0.25) is 4.79 Å². The van der Waals surface area contributed by atoms with Crippen molar-refractivity contribution < 1.29 is 4.79 Å². The molecule has 1 fully saturated rings. The van der Waals surface area contributed by atoms with Crippen LogP contribution in [0.15, 0.2) is 30.3 Å². The SMILES string of the molecule is CN(C(=O)C(C#N)Cc1ccccc1)C1CCCCCC1. The molecule has 3 heteroatoms. The Morgan fingerprint density at radius 1 is 1.24 bits per heavy atom. The zero-order valence-corrected chi connectivity index (χ0v) is 12.8. The summed E-state index contributed by atoms with van der Waals surface area (Å²) in [6, 6.07) is 12.3. The summed E-state index contributed by atoms with van der Waals surface area (Å²) in [5, 5.41) is 9.36. The summed E-state index contributed by atoms with van der Waals surface area (Å²) in [6.45, 7) is 0. The molecule has 3 nitrogen and oxygen atoms in total. The summed E-state index contributed by atoms with van der Waals surface area (Å²) in [4.78, 5) is 14.4. The Morgan fingerprint density at radius 3 is 2.43 bits per heavy atom. The predicted octanol–water partition coefficient (Wildman–Crippen LogP) is 3.55. The largest absolute Gasteiger partial charge is 0.342 e. The Bertz CT molecular complexity index is 484. The van der Waals surface area contributed by atoms with E-state index in [1.54, 1.807) is 0 Å². The molecule has 1 saturated carbocycles. The number of hydrogen-bond donors (Lipinski definition) is 0. The van der Waals surface area contributed by atoms with Gasteiger partial charge in [0.25, 0.3) is 0 Å². The highest BCUT2D eigenvalue weighted by molar-refractivity contribution is 5.81. The fraction of sp³-hybridized carbons (Fsp3) is 0.556. The lowest BCUT2D eigenvalue weighted by molar-refractivity contribution is -0.134. The summed E-state index contributed by atoms with van der Waals surface area (Å²) < 4.78 is 0. The number of rotatable bonds is 4. The molecule has 0 radical (unpaired) electrons. The van der Waals surface area contributed by atoms with E-state index in [-0.39, 0.29) is 5.91 Å². The van der Waals surface area contributed by atoms with Crippen molar-refractivity contribution in [3.05, 3.63) is 35.9 Å². The minimum Gasteiger partial charge on any atom is -0.342 e. The van der Waals surface area contributed by atoms with E-state index >= 15 is 0 Å². The molecule has 0 bridgehead atoms. The maximum Gasteiger partial charge on any atom is 0.240 e. The number of nitrogens with zero attached hydrogens (tertiary/aromatic N) is 2. The van der Waals surface area contributed by atoms with E-state index in [1.807, 2.05) is 42.3 Å². The number of nitriles is 1. The number of carbonyl (C=O) groups is 1. The molecule has 0 N–H and O–H groups in total. The van der Waals surface area contributed by atoms with Crippen LogP contribution in [-0.2, 0) is 11.2 Å². The Balaban J connectivity index is 2.00. The average molecular weight is 284 g/mol. The van der Waals surface area contributed by atoms with Gasteiger partial charge in [-0.25, -0.2) is 0 Å². The first-order chi connectivity index (χ1) is 10.2. The van der Waals surface area contributed by atoms with Crippen molar-refractivity contribution in [1.82, 2.24) is 4.90 Å². The number of carbonyl (C=O) groups excluding carboxylic acids is 1. The Morgan fingerprint density at radius 2 is 1.86 bits per heavy atom. The summed E-state index contributed by atoms with van der Waals surface area (Å²) in [5.74, 6) is -0.589. The summed E-state index contributed by atoms with van der Waals surface area (Å²) in [7, 11) is 1.87. The molecule has 1 aliphatic carbocycles. The van der Waals surface area contributed by atoms with Gasteiger partial charge in [0, 0.05) is 13.1 Å². The number of hydrogen-bond acceptors (Lipinski definition) is 2. The number of benzene rings is 1. The molecule has 1 aromatic carbocycles. The standard InChI is InChI=1S/C18H24N2O/c1-20(17-11-7-2-3-8-12-17)18(21)16(14-19)13-15-9-5-4-6-10-15/h4-6,9-10,16-17H,2-3,7-8,11-13H2,1H3. The first-order valence-corrected chi connectivity index (χ1v) is 7.92. The van der Waals surface area contributed by atoms with Crippen molar-refractivity contribution in [2.75, 3.05) is 7.05 Å². The van der Waals surface area contributed by atoms with Gasteiger partial charge in [-0.15, -0.1) is 0 Å². The van der Waals surface area contributed by atoms with Crippen molar-refractivity contribution in [1.29, 1.82) is 5.26 Å². The van der Waals surface area contributed by atoms with E-state index < -0.39 is 5.92 Å². The Labute approximate surface area is 127 Å². The van der Waals surface area contributed by atoms with Crippen LogP contribution in [0.5, 0.6) is 0 Å². The lowest BCUT2D eigenvalue weighted by Gasteiger charge is -2.29. The first-order valence-electron chi connectivity index (χ1n) is 7.92. The normalized spacial score (nSPS) is 17.5. The molecule has 1 aliphatic rings. The van der Waals surface area contributed by atoms with Gasteiger partial charge in [0.15, 0.2) is 0 Å². The summed E-state index contributed by atoms with van der Waals surface area (Å²) >= 11 is 0. The highest BCUT2D eigenvalue weighted by Crippen LogP contribution is 2.23. The molecule has 1 unspecified atom stereocenters. The van der Waals surface area contributed by atoms with Gasteiger partial charge in [0.2, 0.25) is 5.91 Å². The lowest BCUT2D eigenvalue weighted by Crippen LogP contribution is -2.40. The van der Waals surface area contributed by atoms with Crippen LogP contribution >= 0.6 is 0 Å². The molecule has 2 rings (SSSR count). The molecular formula is C18H24N2O. The van der Waals surface area contributed by atoms with Crippen LogP contribution in [0.4, 0.5) is 0 Å². The van der Waals surface area contributed by atoms with E-state index in [0.29, 0.717) is 12.5 Å². The molecule has 1 aromatic rings. The summed E-state index contributed by atoms with van der Waals surface area (Å²) in [6.07, 6.45) is 7.58. The predicted molar refractivity (Wildman–Crippen MR) is 83.5 cm³/mol. The zero-order valence-electron chi connectivity index (χ0n) is 12.8. The van der Waals surface area contributed by atoms with Crippen molar-refractivity contribution in [2.45, 2.75) is 51.0 Å². The monoisotopic (exact) mass is 284 g/mol. The third-order valence-electron chi connectivity index (χ3n) is 4.46. The smallest absolute Gasteiger partial charge is 0.240 e. The molecule has 0 aliphatic heterocycles. The molecular weight excluding hydrogens is 260 g/mol. The van der Waals surface area contributed by atoms with Crippen LogP contribution in [0, 0.1) is 17.2 Å². The maximum atomic E-state index is 12.6. The molecule has 0 aromatic heterocycles. The molecule has 112 valence electrons. The van der Waals surface area contributed by atoms with E-state index in [1.165, 1.54) is 25.7 Å². The van der Waals surface area contributed by atoms with E-state index in [2.05, 4.69) is 6.07 Å². The molecule has 0 saturated heterocycles. The van der Waals surface area contributed by atoms with E-state index in [0.717, 1.165) is 18.4 Å². The molecule has 1 atom stereocenters. The minimum absolute atomic E-state index is 0.0201. The van der Waals surface area contributed by atoms with Crippen LogP contribution in [0.25, 0.3) is 0 Å². The second-order valence-electron chi connectivity index (χ2n) is 5.97. The lowest BCUT2D eigenvalue weighted by atomic mass is 9.98. The van der Waals surface area contributed by atoms with Crippen LogP contribution in [0.2, 0.25) is 0 Å². The van der Waals surface area contributed by atoms with Crippen molar-refractivity contribution in [2.24, 2.45) is 5.92 Å². The maximum absolute atomic E-state index is 12.6.